The van der Waals surface area contributed by atoms with Crippen LogP contribution in [-0.4, -0.2) is 94.8 Å². The summed E-state index contributed by atoms with van der Waals surface area (Å²) in [6.45, 7) is 17.7. The fourth-order valence-electron chi connectivity index (χ4n) is 5.51. The number of aromatic amines is 1. The molecule has 1 amide bonds. The molecule has 4 heterocycles. The number of likely N-dealkylation sites (N-methyl/N-ethyl adjacent to an activating group) is 1. The third-order valence-electron chi connectivity index (χ3n) is 7.74. The number of nitrogens with zero attached hydrogens (tertiary/aromatic N) is 7. The van der Waals surface area contributed by atoms with Gasteiger partial charge in [-0.3, -0.25) is 9.89 Å². The predicted octanol–water partition coefficient (Wildman–Crippen LogP) is 2.78. The van der Waals surface area contributed by atoms with Gasteiger partial charge in [0, 0.05) is 50.2 Å². The van der Waals surface area contributed by atoms with E-state index < -0.39 is 0 Å². The van der Waals surface area contributed by atoms with Crippen molar-refractivity contribution in [2.45, 2.75) is 33.7 Å². The first kappa shape index (κ1) is 26.0. The number of aryl methyl sites for hydroxylation is 1. The van der Waals surface area contributed by atoms with Gasteiger partial charge in [0.25, 0.3) is 0 Å². The highest BCUT2D eigenvalue weighted by atomic mass is 16.5. The van der Waals surface area contributed by atoms with E-state index in [0.717, 1.165) is 68.1 Å². The summed E-state index contributed by atoms with van der Waals surface area (Å²) in [5.74, 6) is 0.922. The second-order valence-electron chi connectivity index (χ2n) is 9.88. The first-order chi connectivity index (χ1) is 18.5. The summed E-state index contributed by atoms with van der Waals surface area (Å²) in [6.07, 6.45) is 4.13. The van der Waals surface area contributed by atoms with Crippen molar-refractivity contribution < 1.29 is 9.53 Å². The zero-order valence-electron chi connectivity index (χ0n) is 22.7. The van der Waals surface area contributed by atoms with Crippen LogP contribution >= 0.6 is 0 Å². The lowest BCUT2D eigenvalue weighted by Crippen LogP contribution is -2.49. The summed E-state index contributed by atoms with van der Waals surface area (Å²) < 4.78 is 6.14. The van der Waals surface area contributed by atoms with Crippen molar-refractivity contribution in [1.82, 2.24) is 30.0 Å². The molecule has 0 aliphatic carbocycles. The Morgan fingerprint density at radius 1 is 1.13 bits per heavy atom. The Morgan fingerprint density at radius 3 is 2.66 bits per heavy atom. The second kappa shape index (κ2) is 11.4. The lowest BCUT2D eigenvalue weighted by Gasteiger charge is -2.38. The molecule has 0 unspecified atom stereocenters. The molecule has 0 saturated carbocycles. The molecule has 0 spiro atoms. The Balaban J connectivity index is 1.43. The molecule has 1 saturated heterocycles. The molecule has 2 aromatic heterocycles. The summed E-state index contributed by atoms with van der Waals surface area (Å²) in [7, 11) is 0. The molecule has 1 aromatic carbocycles. The molecule has 10 heteroatoms. The van der Waals surface area contributed by atoms with E-state index in [0.29, 0.717) is 32.3 Å². The lowest BCUT2D eigenvalue weighted by atomic mass is 10.0. The average molecular weight is 519 g/mol. The fraction of sp³-hybridized carbons (Fsp3) is 0.500. The minimum Gasteiger partial charge on any atom is -0.462 e. The zero-order valence-corrected chi connectivity index (χ0v) is 22.7. The highest BCUT2D eigenvalue weighted by Gasteiger charge is 2.29. The van der Waals surface area contributed by atoms with E-state index in [1.165, 1.54) is 22.9 Å². The Hall–Kier alpha value is -3.66. The monoisotopic (exact) mass is 518 g/mol. The number of carbonyl (C=O) groups is 1. The number of fused-ring (bicyclic) bond motifs is 2. The number of aromatic nitrogens is 4. The van der Waals surface area contributed by atoms with Gasteiger partial charge in [-0.05, 0) is 44.1 Å². The number of nitrogens with one attached hydrogen (secondary N) is 1. The maximum Gasteiger partial charge on any atom is 0.318 e. The second-order valence-corrected chi connectivity index (χ2v) is 9.88. The van der Waals surface area contributed by atoms with Crippen LogP contribution in [0.25, 0.3) is 10.9 Å². The zero-order chi connectivity index (χ0) is 26.6. The van der Waals surface area contributed by atoms with Gasteiger partial charge in [-0.1, -0.05) is 26.5 Å². The summed E-state index contributed by atoms with van der Waals surface area (Å²) in [5.41, 5.74) is 5.63. The Bertz CT molecular complexity index is 1290. The van der Waals surface area contributed by atoms with Crippen LogP contribution in [-0.2, 0) is 17.8 Å². The average Bonchev–Trinajstić information content (AvgIpc) is 3.43. The molecular formula is C28H38N8O2. The number of rotatable bonds is 9. The number of H-pyrrole nitrogens is 1. The normalized spacial score (nSPS) is 15.7. The van der Waals surface area contributed by atoms with Gasteiger partial charge in [-0.25, -0.2) is 0 Å². The molecule has 1 N–H and O–H groups in total. The fourth-order valence-corrected chi connectivity index (χ4v) is 5.51. The molecular weight excluding hydrogens is 480 g/mol. The van der Waals surface area contributed by atoms with Gasteiger partial charge in [-0.15, -0.1) is 0 Å². The molecule has 0 radical (unpaired) electrons. The van der Waals surface area contributed by atoms with Crippen LogP contribution < -0.4 is 14.5 Å². The van der Waals surface area contributed by atoms with Crippen molar-refractivity contribution in [1.29, 1.82) is 0 Å². The van der Waals surface area contributed by atoms with Crippen molar-refractivity contribution in [3.8, 4) is 6.01 Å². The SMILES string of the molecule is C=CC(=O)N1CCN(c2nc(OCCN(CC)CC)nc3c2CCN(c2c(C)ccc4[nH]ncc24)C3)CC1. The third kappa shape index (κ3) is 5.18. The van der Waals surface area contributed by atoms with E-state index in [1.807, 2.05) is 11.1 Å². The Morgan fingerprint density at radius 2 is 1.92 bits per heavy atom. The van der Waals surface area contributed by atoms with Gasteiger partial charge in [-0.2, -0.15) is 15.1 Å². The summed E-state index contributed by atoms with van der Waals surface area (Å²) in [5, 5.41) is 8.50. The van der Waals surface area contributed by atoms with E-state index in [2.05, 4.69) is 64.4 Å². The number of benzene rings is 1. The van der Waals surface area contributed by atoms with Crippen molar-refractivity contribution >= 4 is 28.3 Å². The molecule has 10 nitrogen and oxygen atoms in total. The topological polar surface area (TPSA) is 93.7 Å². The largest absolute Gasteiger partial charge is 0.462 e. The summed E-state index contributed by atoms with van der Waals surface area (Å²) >= 11 is 0. The van der Waals surface area contributed by atoms with Crippen molar-refractivity contribution in [3.63, 3.8) is 0 Å². The number of hydrogen-bond donors (Lipinski definition) is 1. The molecule has 3 aromatic rings. The minimum absolute atomic E-state index is 0.0192. The number of anilines is 2. The standard InChI is InChI=1S/C28H38N8O2/c1-5-25(37)34-12-14-35(15-13-34)27-21-10-11-36(26-20(4)8-9-23-22(26)18-29-32-23)19-24(21)30-28(31-27)38-17-16-33(6-2)7-3/h5,8-9,18H,1,6-7,10-17,19H2,2-4H3,(H,29,32). The number of carbonyl (C=O) groups excluding carboxylic acids is 1. The first-order valence-electron chi connectivity index (χ1n) is 13.6. The molecule has 0 atom stereocenters. The maximum absolute atomic E-state index is 12.1. The first-order valence-corrected chi connectivity index (χ1v) is 13.6. The minimum atomic E-state index is -0.0192. The molecule has 202 valence electrons. The van der Waals surface area contributed by atoms with Gasteiger partial charge >= 0.3 is 6.01 Å². The summed E-state index contributed by atoms with van der Waals surface area (Å²) in [6, 6.07) is 4.65. The molecule has 0 bridgehead atoms. The van der Waals surface area contributed by atoms with Crippen molar-refractivity contribution in [2.24, 2.45) is 0 Å². The van der Waals surface area contributed by atoms with Gasteiger partial charge < -0.3 is 24.3 Å². The Labute approximate surface area is 224 Å². The van der Waals surface area contributed by atoms with Gasteiger partial charge in [0.05, 0.1) is 29.6 Å². The van der Waals surface area contributed by atoms with Gasteiger partial charge in [0.2, 0.25) is 5.91 Å². The molecule has 2 aliphatic rings. The molecule has 2 aliphatic heterocycles. The van der Waals surface area contributed by atoms with Crippen LogP contribution in [0.2, 0.25) is 0 Å². The van der Waals surface area contributed by atoms with E-state index in [9.17, 15) is 4.79 Å². The Kier molecular flexibility index (Phi) is 7.78. The predicted molar refractivity (Wildman–Crippen MR) is 150 cm³/mol. The maximum atomic E-state index is 12.1. The lowest BCUT2D eigenvalue weighted by molar-refractivity contribution is -0.126. The van der Waals surface area contributed by atoms with E-state index in [1.54, 1.807) is 0 Å². The van der Waals surface area contributed by atoms with Crippen LogP contribution in [0, 0.1) is 6.92 Å². The summed E-state index contributed by atoms with van der Waals surface area (Å²) in [4.78, 5) is 30.8. The highest BCUT2D eigenvalue weighted by molar-refractivity contribution is 5.93. The van der Waals surface area contributed by atoms with E-state index in [4.69, 9.17) is 14.7 Å². The quantitative estimate of drug-likeness (QED) is 0.432. The number of piperazine rings is 1. The van der Waals surface area contributed by atoms with Crippen molar-refractivity contribution in [2.75, 3.05) is 68.8 Å². The van der Waals surface area contributed by atoms with E-state index in [-0.39, 0.29) is 5.91 Å². The smallest absolute Gasteiger partial charge is 0.318 e. The molecule has 5 rings (SSSR count). The number of hydrogen-bond acceptors (Lipinski definition) is 8. The van der Waals surface area contributed by atoms with Gasteiger partial charge in [0.15, 0.2) is 0 Å². The number of ether oxygens (including phenoxy) is 1. The van der Waals surface area contributed by atoms with Crippen LogP contribution in [0.1, 0.15) is 30.7 Å². The van der Waals surface area contributed by atoms with Crippen LogP contribution in [0.5, 0.6) is 6.01 Å². The van der Waals surface area contributed by atoms with Crippen LogP contribution in [0.4, 0.5) is 11.5 Å². The van der Waals surface area contributed by atoms with Crippen LogP contribution in [0.15, 0.2) is 31.0 Å². The molecule has 38 heavy (non-hydrogen) atoms. The number of amides is 1. The van der Waals surface area contributed by atoms with Gasteiger partial charge in [0.1, 0.15) is 12.4 Å². The molecule has 1 fully saturated rings. The van der Waals surface area contributed by atoms with E-state index >= 15 is 0 Å². The highest BCUT2D eigenvalue weighted by Crippen LogP contribution is 2.35. The third-order valence-corrected chi connectivity index (χ3v) is 7.74. The van der Waals surface area contributed by atoms with Crippen molar-refractivity contribution in [3.05, 3.63) is 47.8 Å². The van der Waals surface area contributed by atoms with Crippen LogP contribution in [0.3, 0.4) is 0 Å².